The molecule has 0 amide bonds. The molecule has 0 N–H and O–H groups in total. The van der Waals surface area contributed by atoms with Gasteiger partial charge in [-0.15, -0.1) is 0 Å². The Morgan fingerprint density at radius 2 is 2.10 bits per heavy atom. The molecule has 0 unspecified atom stereocenters. The van der Waals surface area contributed by atoms with Gasteiger partial charge in [0.15, 0.2) is 6.10 Å². The smallest absolute Gasteiger partial charge is 0.162 e. The molecular formula is C17H21NO2. The van der Waals surface area contributed by atoms with Gasteiger partial charge in [-0.05, 0) is 37.3 Å². The van der Waals surface area contributed by atoms with Crippen molar-refractivity contribution < 1.29 is 9.47 Å². The van der Waals surface area contributed by atoms with Gasteiger partial charge in [0.1, 0.15) is 0 Å². The lowest BCUT2D eigenvalue weighted by Crippen LogP contribution is -2.22. The standard InChI is InChI=1S/C17H21NO2/c18-13-17-11-6-10-16(20-17)9-4-5-12-19-14-15-7-2-1-3-8-15/h1-3,6-8,11,16-17H,4-5,9-10,12,14H2/t16-,17+/m1/s1. The second-order valence-corrected chi connectivity index (χ2v) is 5.01. The fourth-order valence-electron chi connectivity index (χ4n) is 2.26. The number of hydrogen-bond acceptors (Lipinski definition) is 3. The number of unbranched alkanes of at least 4 members (excludes halogenated alkanes) is 1. The van der Waals surface area contributed by atoms with Gasteiger partial charge in [-0.1, -0.05) is 36.4 Å². The Balaban J connectivity index is 1.52. The molecule has 1 aliphatic rings. The van der Waals surface area contributed by atoms with E-state index < -0.39 is 0 Å². The van der Waals surface area contributed by atoms with Crippen LogP contribution >= 0.6 is 0 Å². The third-order valence-electron chi connectivity index (χ3n) is 3.35. The molecule has 0 radical (unpaired) electrons. The molecule has 1 aromatic carbocycles. The van der Waals surface area contributed by atoms with Gasteiger partial charge in [0, 0.05) is 6.61 Å². The van der Waals surface area contributed by atoms with Gasteiger partial charge >= 0.3 is 0 Å². The van der Waals surface area contributed by atoms with Gasteiger partial charge in [0.05, 0.1) is 18.8 Å². The average Bonchev–Trinajstić information content (AvgIpc) is 2.52. The summed E-state index contributed by atoms with van der Waals surface area (Å²) in [6.07, 6.45) is 7.74. The van der Waals surface area contributed by atoms with Gasteiger partial charge < -0.3 is 9.47 Å². The Kier molecular flexibility index (Phi) is 6.30. The summed E-state index contributed by atoms with van der Waals surface area (Å²) in [5.41, 5.74) is 1.21. The zero-order chi connectivity index (χ0) is 14.0. The normalized spacial score (nSPS) is 21.6. The minimum atomic E-state index is -0.358. The van der Waals surface area contributed by atoms with Gasteiger partial charge in [0.25, 0.3) is 0 Å². The van der Waals surface area contributed by atoms with Crippen molar-refractivity contribution in [3.63, 3.8) is 0 Å². The second-order valence-electron chi connectivity index (χ2n) is 5.01. The number of ether oxygens (including phenoxy) is 2. The molecule has 106 valence electrons. The first-order valence-corrected chi connectivity index (χ1v) is 7.22. The first-order valence-electron chi connectivity index (χ1n) is 7.22. The summed E-state index contributed by atoms with van der Waals surface area (Å²) in [5, 5.41) is 8.81. The Bertz CT molecular complexity index is 450. The first kappa shape index (κ1) is 14.8. The Hall–Kier alpha value is -1.63. The minimum absolute atomic E-state index is 0.193. The molecule has 1 aromatic rings. The number of benzene rings is 1. The number of nitriles is 1. The van der Waals surface area contributed by atoms with Crippen LogP contribution in [0.2, 0.25) is 0 Å². The van der Waals surface area contributed by atoms with E-state index in [1.807, 2.05) is 30.4 Å². The highest BCUT2D eigenvalue weighted by Gasteiger charge is 2.16. The van der Waals surface area contributed by atoms with Crippen molar-refractivity contribution in [3.8, 4) is 6.07 Å². The first-order chi connectivity index (χ1) is 9.88. The van der Waals surface area contributed by atoms with Gasteiger partial charge in [-0.3, -0.25) is 0 Å². The monoisotopic (exact) mass is 271 g/mol. The zero-order valence-corrected chi connectivity index (χ0v) is 11.7. The van der Waals surface area contributed by atoms with Crippen molar-refractivity contribution in [2.45, 2.75) is 44.5 Å². The molecule has 0 aromatic heterocycles. The summed E-state index contributed by atoms with van der Waals surface area (Å²) in [6, 6.07) is 12.3. The second kappa shape index (κ2) is 8.52. The van der Waals surface area contributed by atoms with E-state index in [0.29, 0.717) is 6.61 Å². The highest BCUT2D eigenvalue weighted by atomic mass is 16.5. The lowest BCUT2D eigenvalue weighted by atomic mass is 10.1. The molecule has 0 aliphatic carbocycles. The Morgan fingerprint density at radius 1 is 1.25 bits per heavy atom. The SMILES string of the molecule is N#C[C@@H]1C=CC[C@@H](CCCCOCc2ccccc2)O1. The molecule has 20 heavy (non-hydrogen) atoms. The number of hydrogen-bond donors (Lipinski definition) is 0. The average molecular weight is 271 g/mol. The molecule has 0 saturated heterocycles. The molecular weight excluding hydrogens is 250 g/mol. The predicted molar refractivity (Wildman–Crippen MR) is 78.0 cm³/mol. The maximum Gasteiger partial charge on any atom is 0.162 e. The summed E-state index contributed by atoms with van der Waals surface area (Å²) >= 11 is 0. The summed E-state index contributed by atoms with van der Waals surface area (Å²) < 4.78 is 11.3. The molecule has 3 nitrogen and oxygen atoms in total. The lowest BCUT2D eigenvalue weighted by molar-refractivity contribution is 0.0245. The van der Waals surface area contributed by atoms with Crippen molar-refractivity contribution in [2.24, 2.45) is 0 Å². The van der Waals surface area contributed by atoms with Crippen LogP contribution in [0.15, 0.2) is 42.5 Å². The zero-order valence-electron chi connectivity index (χ0n) is 11.7. The molecule has 1 heterocycles. The molecule has 2 atom stereocenters. The quantitative estimate of drug-likeness (QED) is 0.562. The third-order valence-corrected chi connectivity index (χ3v) is 3.35. The van der Waals surface area contributed by atoms with Gasteiger partial charge in [-0.25, -0.2) is 0 Å². The molecule has 0 fully saturated rings. The molecule has 2 rings (SSSR count). The molecule has 0 spiro atoms. The van der Waals surface area contributed by atoms with Gasteiger partial charge in [-0.2, -0.15) is 5.26 Å². The molecule has 0 bridgehead atoms. The molecule has 3 heteroatoms. The van der Waals surface area contributed by atoms with Crippen LogP contribution in [0.5, 0.6) is 0 Å². The van der Waals surface area contributed by atoms with E-state index in [2.05, 4.69) is 18.2 Å². The summed E-state index contributed by atoms with van der Waals surface area (Å²) in [6.45, 7) is 1.46. The van der Waals surface area contributed by atoms with Crippen molar-refractivity contribution in [1.29, 1.82) is 5.26 Å². The van der Waals surface area contributed by atoms with Crippen molar-refractivity contribution in [2.75, 3.05) is 6.61 Å². The lowest BCUT2D eigenvalue weighted by Gasteiger charge is -2.21. The molecule has 1 aliphatic heterocycles. The van der Waals surface area contributed by atoms with Crippen LogP contribution < -0.4 is 0 Å². The summed E-state index contributed by atoms with van der Waals surface area (Å²) in [5.74, 6) is 0. The topological polar surface area (TPSA) is 42.2 Å². The van der Waals surface area contributed by atoms with Gasteiger partial charge in [0.2, 0.25) is 0 Å². The van der Waals surface area contributed by atoms with E-state index in [4.69, 9.17) is 14.7 Å². The molecule has 0 saturated carbocycles. The van der Waals surface area contributed by atoms with E-state index in [1.54, 1.807) is 0 Å². The van der Waals surface area contributed by atoms with Crippen molar-refractivity contribution >= 4 is 0 Å². The van der Waals surface area contributed by atoms with E-state index >= 15 is 0 Å². The minimum Gasteiger partial charge on any atom is -0.377 e. The summed E-state index contributed by atoms with van der Waals surface area (Å²) in [4.78, 5) is 0. The maximum absolute atomic E-state index is 8.81. The predicted octanol–water partition coefficient (Wildman–Crippen LogP) is 3.61. The number of nitrogens with zero attached hydrogens (tertiary/aromatic N) is 1. The summed E-state index contributed by atoms with van der Waals surface area (Å²) in [7, 11) is 0. The highest BCUT2D eigenvalue weighted by molar-refractivity contribution is 5.13. The number of rotatable bonds is 7. The van der Waals surface area contributed by atoms with E-state index in [1.165, 1.54) is 5.56 Å². The van der Waals surface area contributed by atoms with Crippen LogP contribution in [-0.2, 0) is 16.1 Å². The van der Waals surface area contributed by atoms with Crippen LogP contribution in [0, 0.1) is 11.3 Å². The van der Waals surface area contributed by atoms with Crippen LogP contribution in [0.4, 0.5) is 0 Å². The fraction of sp³-hybridized carbons (Fsp3) is 0.471. The van der Waals surface area contributed by atoms with Crippen LogP contribution in [0.3, 0.4) is 0 Å². The van der Waals surface area contributed by atoms with E-state index in [0.717, 1.165) is 32.3 Å². The largest absolute Gasteiger partial charge is 0.377 e. The highest BCUT2D eigenvalue weighted by Crippen LogP contribution is 2.17. The Morgan fingerprint density at radius 3 is 2.90 bits per heavy atom. The third kappa shape index (κ3) is 5.16. The van der Waals surface area contributed by atoms with Crippen LogP contribution in [0.1, 0.15) is 31.2 Å². The maximum atomic E-state index is 8.81. The van der Waals surface area contributed by atoms with E-state index in [-0.39, 0.29) is 12.2 Å². The van der Waals surface area contributed by atoms with Crippen LogP contribution in [0.25, 0.3) is 0 Å². The van der Waals surface area contributed by atoms with Crippen LogP contribution in [-0.4, -0.2) is 18.8 Å². The van der Waals surface area contributed by atoms with Crippen molar-refractivity contribution in [3.05, 3.63) is 48.0 Å². The van der Waals surface area contributed by atoms with Crippen molar-refractivity contribution in [1.82, 2.24) is 0 Å². The van der Waals surface area contributed by atoms with E-state index in [9.17, 15) is 0 Å². The fourth-order valence-corrected chi connectivity index (χ4v) is 2.26. The Labute approximate surface area is 120 Å².